The van der Waals surface area contributed by atoms with Crippen LogP contribution in [0.1, 0.15) is 26.3 Å². The molecule has 0 fully saturated rings. The highest BCUT2D eigenvalue weighted by molar-refractivity contribution is 6.65. The molecular weight excluding hydrogens is 296 g/mol. The third-order valence-corrected chi connectivity index (χ3v) is 3.14. The Morgan fingerprint density at radius 1 is 0.826 bits per heavy atom. The third kappa shape index (κ3) is 4.20. The van der Waals surface area contributed by atoms with Crippen molar-refractivity contribution in [1.29, 1.82) is 0 Å². The number of ether oxygens (including phenoxy) is 1. The molecule has 0 aromatic heterocycles. The zero-order chi connectivity index (χ0) is 16.8. The fourth-order valence-corrected chi connectivity index (χ4v) is 1.83. The maximum atomic E-state index is 11.8. The molecule has 23 heavy (non-hydrogen) atoms. The number of carbonyl (C=O) groups excluding carboxylic acids is 4. The number of hydrogen-bond donors (Lipinski definition) is 0. The van der Waals surface area contributed by atoms with E-state index in [-0.39, 0.29) is 5.56 Å². The highest BCUT2D eigenvalue weighted by atomic mass is 16.5. The molecule has 2 rings (SSSR count). The summed E-state index contributed by atoms with van der Waals surface area (Å²) in [4.78, 5) is 47.0. The number of esters is 1. The van der Waals surface area contributed by atoms with Crippen LogP contribution in [0.25, 0.3) is 0 Å². The van der Waals surface area contributed by atoms with Crippen molar-refractivity contribution in [1.82, 2.24) is 0 Å². The van der Waals surface area contributed by atoms with Crippen molar-refractivity contribution in [2.75, 3.05) is 6.61 Å². The van der Waals surface area contributed by atoms with E-state index in [2.05, 4.69) is 4.74 Å². The average Bonchev–Trinajstić information content (AvgIpc) is 2.59. The molecule has 0 bridgehead atoms. The van der Waals surface area contributed by atoms with Gasteiger partial charge in [0.2, 0.25) is 5.78 Å². The van der Waals surface area contributed by atoms with Crippen LogP contribution < -0.4 is 0 Å². The second kappa shape index (κ2) is 7.26. The van der Waals surface area contributed by atoms with Gasteiger partial charge in [0.15, 0.2) is 12.4 Å². The quantitative estimate of drug-likeness (QED) is 0.354. The molecule has 0 aliphatic heterocycles. The van der Waals surface area contributed by atoms with E-state index in [0.29, 0.717) is 5.56 Å². The smallest absolute Gasteiger partial charge is 0.383 e. The lowest BCUT2D eigenvalue weighted by atomic mass is 10.1. The minimum absolute atomic E-state index is 0.0966. The molecule has 0 aliphatic rings. The maximum Gasteiger partial charge on any atom is 0.383 e. The van der Waals surface area contributed by atoms with E-state index in [1.165, 1.54) is 12.1 Å². The molecule has 0 N–H and O–H groups in total. The number of carbonyl (C=O) groups is 4. The van der Waals surface area contributed by atoms with Crippen LogP contribution in [0.3, 0.4) is 0 Å². The zero-order valence-electron chi connectivity index (χ0n) is 12.4. The number of benzene rings is 2. The van der Waals surface area contributed by atoms with Gasteiger partial charge in [0.25, 0.3) is 0 Å². The topological polar surface area (TPSA) is 77.5 Å². The predicted octanol–water partition coefficient (Wildman–Crippen LogP) is 2.17. The van der Waals surface area contributed by atoms with Gasteiger partial charge < -0.3 is 4.74 Å². The van der Waals surface area contributed by atoms with Gasteiger partial charge in [0.05, 0.1) is 0 Å². The summed E-state index contributed by atoms with van der Waals surface area (Å²) in [6.45, 7) is 1.29. The van der Waals surface area contributed by atoms with E-state index in [4.69, 9.17) is 0 Å². The van der Waals surface area contributed by atoms with Crippen molar-refractivity contribution in [2.24, 2.45) is 0 Å². The molecule has 0 aliphatic carbocycles. The van der Waals surface area contributed by atoms with Crippen LogP contribution >= 0.6 is 0 Å². The monoisotopic (exact) mass is 310 g/mol. The van der Waals surface area contributed by atoms with Crippen LogP contribution in [0.5, 0.6) is 0 Å². The van der Waals surface area contributed by atoms with Crippen molar-refractivity contribution in [3.63, 3.8) is 0 Å². The molecule has 2 aromatic rings. The van der Waals surface area contributed by atoms with Crippen molar-refractivity contribution < 1.29 is 23.9 Å². The Bertz CT molecular complexity index is 745. The Hall–Kier alpha value is -3.08. The van der Waals surface area contributed by atoms with E-state index in [1.807, 2.05) is 6.92 Å². The first kappa shape index (κ1) is 16.3. The Kier molecular flexibility index (Phi) is 5.15. The van der Waals surface area contributed by atoms with Crippen LogP contribution in [0.2, 0.25) is 0 Å². The first-order chi connectivity index (χ1) is 11.0. The Morgan fingerprint density at radius 2 is 1.43 bits per heavy atom. The largest absolute Gasteiger partial charge is 0.451 e. The van der Waals surface area contributed by atoms with Crippen LogP contribution in [-0.2, 0) is 14.3 Å². The lowest BCUT2D eigenvalue weighted by Gasteiger charge is -2.04. The maximum absolute atomic E-state index is 11.8. The molecule has 0 unspecified atom stereocenters. The number of Topliss-reactive ketones (excluding diaryl/α,β-unsaturated/α-hetero) is 3. The minimum atomic E-state index is -1.33. The van der Waals surface area contributed by atoms with Crippen LogP contribution in [0.4, 0.5) is 0 Å². The Labute approximate surface area is 132 Å². The van der Waals surface area contributed by atoms with Gasteiger partial charge >= 0.3 is 11.8 Å². The van der Waals surface area contributed by atoms with Crippen molar-refractivity contribution in [2.45, 2.75) is 6.92 Å². The molecule has 5 heteroatoms. The van der Waals surface area contributed by atoms with E-state index >= 15 is 0 Å². The van der Waals surface area contributed by atoms with E-state index in [1.54, 1.807) is 42.5 Å². The summed E-state index contributed by atoms with van der Waals surface area (Å²) in [7, 11) is 0. The van der Waals surface area contributed by atoms with Crippen LogP contribution in [0.15, 0.2) is 54.6 Å². The number of aryl methyl sites for hydroxylation is 1. The summed E-state index contributed by atoms with van der Waals surface area (Å²) < 4.78 is 4.63. The first-order valence-corrected chi connectivity index (χ1v) is 6.89. The van der Waals surface area contributed by atoms with E-state index < -0.39 is 29.9 Å². The number of hydrogen-bond acceptors (Lipinski definition) is 5. The van der Waals surface area contributed by atoms with Gasteiger partial charge in [-0.15, -0.1) is 0 Å². The van der Waals surface area contributed by atoms with Gasteiger partial charge in [-0.05, 0) is 6.92 Å². The summed E-state index contributed by atoms with van der Waals surface area (Å²) >= 11 is 0. The van der Waals surface area contributed by atoms with Crippen molar-refractivity contribution in [3.8, 4) is 0 Å². The lowest BCUT2D eigenvalue weighted by Crippen LogP contribution is -2.28. The van der Waals surface area contributed by atoms with Gasteiger partial charge in [0.1, 0.15) is 0 Å². The first-order valence-electron chi connectivity index (χ1n) is 6.89. The summed E-state index contributed by atoms with van der Waals surface area (Å²) in [5.41, 5.74) is 1.45. The van der Waals surface area contributed by atoms with Gasteiger partial charge in [-0.3, -0.25) is 14.4 Å². The summed E-state index contributed by atoms with van der Waals surface area (Å²) in [6.07, 6.45) is 0. The van der Waals surface area contributed by atoms with Gasteiger partial charge in [0, 0.05) is 11.1 Å². The standard InChI is InChI=1S/C18H14O5/c1-12-7-9-13(10-8-12)15(19)11-23-18(22)17(21)16(20)14-5-3-2-4-6-14/h2-10H,11H2,1H3. The second-order valence-electron chi connectivity index (χ2n) is 4.89. The number of rotatable bonds is 6. The summed E-state index contributed by atoms with van der Waals surface area (Å²) in [6, 6.07) is 14.4. The molecule has 0 atom stereocenters. The van der Waals surface area contributed by atoms with Crippen LogP contribution in [-0.4, -0.2) is 29.9 Å². The molecular formula is C18H14O5. The Morgan fingerprint density at radius 3 is 2.04 bits per heavy atom. The highest BCUT2D eigenvalue weighted by Crippen LogP contribution is 2.05. The van der Waals surface area contributed by atoms with E-state index in [9.17, 15) is 19.2 Å². The molecule has 116 valence electrons. The predicted molar refractivity (Wildman–Crippen MR) is 82.2 cm³/mol. The molecule has 2 aromatic carbocycles. The molecule has 0 amide bonds. The second-order valence-corrected chi connectivity index (χ2v) is 4.89. The lowest BCUT2D eigenvalue weighted by molar-refractivity contribution is -0.150. The van der Waals surface area contributed by atoms with Gasteiger partial charge in [-0.25, -0.2) is 4.79 Å². The van der Waals surface area contributed by atoms with Gasteiger partial charge in [-0.1, -0.05) is 60.2 Å². The fourth-order valence-electron chi connectivity index (χ4n) is 1.83. The zero-order valence-corrected chi connectivity index (χ0v) is 12.4. The SMILES string of the molecule is Cc1ccc(C(=O)COC(=O)C(=O)C(=O)c2ccccc2)cc1. The molecule has 0 heterocycles. The summed E-state index contributed by atoms with van der Waals surface area (Å²) in [5.74, 6) is -4.04. The molecule has 0 saturated heterocycles. The van der Waals surface area contributed by atoms with Crippen LogP contribution in [0, 0.1) is 6.92 Å². The normalized spacial score (nSPS) is 9.96. The van der Waals surface area contributed by atoms with Crippen molar-refractivity contribution >= 4 is 23.3 Å². The molecule has 0 saturated carbocycles. The summed E-state index contributed by atoms with van der Waals surface area (Å²) in [5, 5.41) is 0. The fraction of sp³-hybridized carbons (Fsp3) is 0.111. The Balaban J connectivity index is 1.94. The number of ketones is 3. The minimum Gasteiger partial charge on any atom is -0.451 e. The molecule has 0 radical (unpaired) electrons. The van der Waals surface area contributed by atoms with E-state index in [0.717, 1.165) is 5.56 Å². The average molecular weight is 310 g/mol. The van der Waals surface area contributed by atoms with Gasteiger partial charge in [-0.2, -0.15) is 0 Å². The molecule has 5 nitrogen and oxygen atoms in total. The highest BCUT2D eigenvalue weighted by Gasteiger charge is 2.26. The third-order valence-electron chi connectivity index (χ3n) is 3.14. The van der Waals surface area contributed by atoms with Crippen molar-refractivity contribution in [3.05, 3.63) is 71.3 Å². The molecule has 0 spiro atoms.